The fraction of sp³-hybridized carbons (Fsp3) is 0.625. The highest BCUT2D eigenvalue weighted by atomic mass is 14.9. The normalized spacial score (nSPS) is 18.1. The summed E-state index contributed by atoms with van der Waals surface area (Å²) >= 11 is 0. The van der Waals surface area contributed by atoms with E-state index < -0.39 is 0 Å². The van der Waals surface area contributed by atoms with E-state index in [9.17, 15) is 0 Å². The van der Waals surface area contributed by atoms with Gasteiger partial charge < -0.3 is 5.32 Å². The first kappa shape index (κ1) is 12.6. The van der Waals surface area contributed by atoms with Gasteiger partial charge >= 0.3 is 0 Å². The standard InChI is InChI=1S/C16H25N/c1-5-16(2,3)14-10-8-13(9-11-14)15(17-4)12-6-7-12/h8-12,15,17H,5-7H2,1-4H3. The van der Waals surface area contributed by atoms with E-state index in [4.69, 9.17) is 0 Å². The number of nitrogens with one attached hydrogen (secondary N) is 1. The quantitative estimate of drug-likeness (QED) is 0.806. The van der Waals surface area contributed by atoms with Crippen LogP contribution in [0.25, 0.3) is 0 Å². The molecule has 94 valence electrons. The van der Waals surface area contributed by atoms with Crippen molar-refractivity contribution in [2.24, 2.45) is 5.92 Å². The summed E-state index contributed by atoms with van der Waals surface area (Å²) in [6.07, 6.45) is 3.95. The topological polar surface area (TPSA) is 12.0 Å². The van der Waals surface area contributed by atoms with Gasteiger partial charge in [-0.25, -0.2) is 0 Å². The average Bonchev–Trinajstić information content (AvgIpc) is 3.15. The maximum absolute atomic E-state index is 3.45. The second kappa shape index (κ2) is 4.81. The van der Waals surface area contributed by atoms with E-state index in [1.807, 2.05) is 0 Å². The molecule has 1 heteroatoms. The van der Waals surface area contributed by atoms with Crippen LogP contribution in [0.4, 0.5) is 0 Å². The van der Waals surface area contributed by atoms with Crippen LogP contribution in [0.15, 0.2) is 24.3 Å². The van der Waals surface area contributed by atoms with E-state index in [1.54, 1.807) is 0 Å². The number of hydrogen-bond acceptors (Lipinski definition) is 1. The van der Waals surface area contributed by atoms with E-state index in [0.29, 0.717) is 11.5 Å². The van der Waals surface area contributed by atoms with Gasteiger partial charge in [0.2, 0.25) is 0 Å². The highest BCUT2D eigenvalue weighted by molar-refractivity contribution is 5.30. The lowest BCUT2D eigenvalue weighted by Gasteiger charge is -2.24. The molecule has 1 nitrogen and oxygen atoms in total. The maximum Gasteiger partial charge on any atom is 0.0346 e. The molecule has 0 spiro atoms. The first-order valence-electron chi connectivity index (χ1n) is 6.86. The summed E-state index contributed by atoms with van der Waals surface area (Å²) < 4.78 is 0. The van der Waals surface area contributed by atoms with Crippen molar-refractivity contribution in [3.63, 3.8) is 0 Å². The summed E-state index contributed by atoms with van der Waals surface area (Å²) in [7, 11) is 2.08. The highest BCUT2D eigenvalue weighted by Crippen LogP contribution is 2.41. The summed E-state index contributed by atoms with van der Waals surface area (Å²) in [4.78, 5) is 0. The predicted octanol–water partition coefficient (Wildman–Crippen LogP) is 4.04. The van der Waals surface area contributed by atoms with Crippen molar-refractivity contribution in [3.05, 3.63) is 35.4 Å². The van der Waals surface area contributed by atoms with Crippen LogP contribution in [0.2, 0.25) is 0 Å². The third-order valence-corrected chi connectivity index (χ3v) is 4.34. The van der Waals surface area contributed by atoms with Gasteiger partial charge in [-0.05, 0) is 48.8 Å². The van der Waals surface area contributed by atoms with Crippen LogP contribution in [0.5, 0.6) is 0 Å². The fourth-order valence-electron chi connectivity index (χ4n) is 2.45. The SMILES string of the molecule is CCC(C)(C)c1ccc(C(NC)C2CC2)cc1. The molecule has 0 aromatic heterocycles. The van der Waals surface area contributed by atoms with Gasteiger partial charge in [-0.15, -0.1) is 0 Å². The van der Waals surface area contributed by atoms with Crippen molar-refractivity contribution >= 4 is 0 Å². The van der Waals surface area contributed by atoms with Crippen LogP contribution < -0.4 is 5.32 Å². The van der Waals surface area contributed by atoms with E-state index >= 15 is 0 Å². The summed E-state index contributed by atoms with van der Waals surface area (Å²) in [6, 6.07) is 9.81. The first-order valence-corrected chi connectivity index (χ1v) is 6.86. The van der Waals surface area contributed by atoms with Gasteiger partial charge in [0, 0.05) is 6.04 Å². The molecule has 1 aliphatic carbocycles. The second-order valence-electron chi connectivity index (χ2n) is 5.96. The van der Waals surface area contributed by atoms with Gasteiger partial charge in [0.25, 0.3) is 0 Å². The molecule has 0 saturated heterocycles. The molecule has 1 fully saturated rings. The molecular formula is C16H25N. The molecule has 1 unspecified atom stereocenters. The van der Waals surface area contributed by atoms with Gasteiger partial charge in [0.05, 0.1) is 0 Å². The Kier molecular flexibility index (Phi) is 3.58. The molecule has 0 amide bonds. The summed E-state index contributed by atoms with van der Waals surface area (Å²) in [5.74, 6) is 0.866. The summed E-state index contributed by atoms with van der Waals surface area (Å²) in [5.41, 5.74) is 3.20. The van der Waals surface area contributed by atoms with Crippen molar-refractivity contribution in [3.8, 4) is 0 Å². The Labute approximate surface area is 106 Å². The lowest BCUT2D eigenvalue weighted by Crippen LogP contribution is -2.19. The minimum atomic E-state index is 0.299. The Hall–Kier alpha value is -0.820. The van der Waals surface area contributed by atoms with Gasteiger partial charge in [0.1, 0.15) is 0 Å². The largest absolute Gasteiger partial charge is 0.313 e. The van der Waals surface area contributed by atoms with Crippen molar-refractivity contribution in [1.82, 2.24) is 5.32 Å². The van der Waals surface area contributed by atoms with Crippen LogP contribution in [0, 0.1) is 5.92 Å². The van der Waals surface area contributed by atoms with Crippen LogP contribution in [0.3, 0.4) is 0 Å². The molecule has 0 radical (unpaired) electrons. The molecule has 0 aliphatic heterocycles. The Bertz CT molecular complexity index is 360. The second-order valence-corrected chi connectivity index (χ2v) is 5.96. The smallest absolute Gasteiger partial charge is 0.0346 e. The Morgan fingerprint density at radius 1 is 1.24 bits per heavy atom. The molecule has 17 heavy (non-hydrogen) atoms. The minimum absolute atomic E-state index is 0.299. The number of hydrogen-bond donors (Lipinski definition) is 1. The zero-order valence-corrected chi connectivity index (χ0v) is 11.6. The van der Waals surface area contributed by atoms with Gasteiger partial charge in [-0.3, -0.25) is 0 Å². The third-order valence-electron chi connectivity index (χ3n) is 4.34. The fourth-order valence-corrected chi connectivity index (χ4v) is 2.45. The summed E-state index contributed by atoms with van der Waals surface area (Å²) in [5, 5.41) is 3.45. The van der Waals surface area contributed by atoms with E-state index in [2.05, 4.69) is 57.4 Å². The Morgan fingerprint density at radius 3 is 2.24 bits per heavy atom. The van der Waals surface area contributed by atoms with Crippen molar-refractivity contribution < 1.29 is 0 Å². The molecule has 1 aliphatic rings. The molecule has 0 heterocycles. The molecule has 1 saturated carbocycles. The lowest BCUT2D eigenvalue weighted by molar-refractivity contribution is 0.503. The monoisotopic (exact) mass is 231 g/mol. The number of benzene rings is 1. The van der Waals surface area contributed by atoms with Crippen molar-refractivity contribution in [1.29, 1.82) is 0 Å². The molecule has 0 bridgehead atoms. The average molecular weight is 231 g/mol. The Balaban J connectivity index is 2.17. The number of rotatable bonds is 5. The van der Waals surface area contributed by atoms with Crippen LogP contribution in [-0.4, -0.2) is 7.05 Å². The first-order chi connectivity index (χ1) is 8.08. The van der Waals surface area contributed by atoms with Crippen LogP contribution >= 0.6 is 0 Å². The Morgan fingerprint density at radius 2 is 1.82 bits per heavy atom. The highest BCUT2D eigenvalue weighted by Gasteiger charge is 2.31. The van der Waals surface area contributed by atoms with Gasteiger partial charge in [-0.1, -0.05) is 45.0 Å². The van der Waals surface area contributed by atoms with E-state index in [0.717, 1.165) is 5.92 Å². The minimum Gasteiger partial charge on any atom is -0.313 e. The summed E-state index contributed by atoms with van der Waals surface area (Å²) in [6.45, 7) is 6.89. The van der Waals surface area contributed by atoms with Gasteiger partial charge in [-0.2, -0.15) is 0 Å². The van der Waals surface area contributed by atoms with Crippen LogP contribution in [0.1, 0.15) is 57.2 Å². The zero-order valence-electron chi connectivity index (χ0n) is 11.6. The zero-order chi connectivity index (χ0) is 12.5. The molecule has 2 rings (SSSR count). The third kappa shape index (κ3) is 2.71. The van der Waals surface area contributed by atoms with Crippen LogP contribution in [-0.2, 0) is 5.41 Å². The molecule has 1 atom stereocenters. The van der Waals surface area contributed by atoms with Gasteiger partial charge in [0.15, 0.2) is 0 Å². The molecule has 1 aromatic rings. The predicted molar refractivity (Wildman–Crippen MR) is 74.3 cm³/mol. The van der Waals surface area contributed by atoms with E-state index in [-0.39, 0.29) is 0 Å². The lowest BCUT2D eigenvalue weighted by atomic mass is 9.81. The van der Waals surface area contributed by atoms with Crippen molar-refractivity contribution in [2.45, 2.75) is 51.5 Å². The molecular weight excluding hydrogens is 206 g/mol. The maximum atomic E-state index is 3.45. The molecule has 1 aromatic carbocycles. The molecule has 1 N–H and O–H groups in total. The van der Waals surface area contributed by atoms with Crippen molar-refractivity contribution in [2.75, 3.05) is 7.05 Å². The van der Waals surface area contributed by atoms with E-state index in [1.165, 1.54) is 30.4 Å².